The van der Waals surface area contributed by atoms with Gasteiger partial charge in [-0.3, -0.25) is 9.59 Å². The minimum absolute atomic E-state index is 0.182. The zero-order valence-corrected chi connectivity index (χ0v) is 17.3. The van der Waals surface area contributed by atoms with Gasteiger partial charge in [0, 0.05) is 26.2 Å². The van der Waals surface area contributed by atoms with E-state index in [1.54, 1.807) is 0 Å². The van der Waals surface area contributed by atoms with Crippen LogP contribution in [0.1, 0.15) is 26.2 Å². The number of likely N-dealkylation sites (N-methyl/N-ethyl adjacent to an activating group) is 1. The quantitative estimate of drug-likeness (QED) is 0.262. The number of aliphatic hydroxyl groups excluding tert-OH is 1. The Morgan fingerprint density at radius 3 is 2.66 bits per heavy atom. The molecule has 0 unspecified atom stereocenters. The van der Waals surface area contributed by atoms with E-state index in [-0.39, 0.29) is 30.6 Å². The Morgan fingerprint density at radius 1 is 1.38 bits per heavy atom. The van der Waals surface area contributed by atoms with Gasteiger partial charge in [-0.2, -0.15) is 0 Å². The molecule has 0 radical (unpaired) electrons. The highest BCUT2D eigenvalue weighted by molar-refractivity contribution is 5.80. The van der Waals surface area contributed by atoms with Gasteiger partial charge < -0.3 is 46.7 Å². The first-order chi connectivity index (χ1) is 13.7. The van der Waals surface area contributed by atoms with Crippen molar-refractivity contribution in [2.45, 2.75) is 81.1 Å². The molecule has 0 aromatic heterocycles. The van der Waals surface area contributed by atoms with Gasteiger partial charge in [0.15, 0.2) is 6.29 Å². The standard InChI is InChI=1S/C18H35N5O6/c1-9(19)12-5-4-10(20)18(28-12)29-17-11(21)6-13(27-3)15(16(17)26)23(2)14(25)7-22-8-24/h8-13,15-18,26H,4-7,19-21H2,1-3H3,(H,22,24)/t9-,10+,11+,12-,13-,15-,16+,17+,18-/m1/s1. The Morgan fingerprint density at radius 2 is 2.07 bits per heavy atom. The molecule has 8 N–H and O–H groups in total. The van der Waals surface area contributed by atoms with Gasteiger partial charge >= 0.3 is 0 Å². The topological polar surface area (TPSA) is 175 Å². The van der Waals surface area contributed by atoms with Crippen LogP contribution in [0.25, 0.3) is 0 Å². The van der Waals surface area contributed by atoms with Crippen LogP contribution in [0.15, 0.2) is 0 Å². The number of nitrogens with zero attached hydrogens (tertiary/aromatic N) is 1. The van der Waals surface area contributed by atoms with Crippen LogP contribution >= 0.6 is 0 Å². The van der Waals surface area contributed by atoms with Crippen molar-refractivity contribution in [3.05, 3.63) is 0 Å². The lowest BCUT2D eigenvalue weighted by Crippen LogP contribution is -2.67. The first kappa shape index (κ1) is 23.9. The number of hydrogen-bond donors (Lipinski definition) is 5. The van der Waals surface area contributed by atoms with E-state index < -0.39 is 36.7 Å². The fraction of sp³-hybridized carbons (Fsp3) is 0.889. The molecular weight excluding hydrogens is 382 g/mol. The third kappa shape index (κ3) is 5.63. The third-order valence-corrected chi connectivity index (χ3v) is 5.79. The average Bonchev–Trinajstić information content (AvgIpc) is 2.69. The number of hydrogen-bond acceptors (Lipinski definition) is 9. The summed E-state index contributed by atoms with van der Waals surface area (Å²) in [6, 6.07) is -1.82. The molecule has 2 rings (SSSR count). The highest BCUT2D eigenvalue weighted by atomic mass is 16.7. The molecule has 1 saturated heterocycles. The van der Waals surface area contributed by atoms with Gasteiger partial charge in [-0.1, -0.05) is 0 Å². The highest BCUT2D eigenvalue weighted by Gasteiger charge is 2.48. The maximum Gasteiger partial charge on any atom is 0.242 e. The summed E-state index contributed by atoms with van der Waals surface area (Å²) in [5, 5.41) is 13.4. The van der Waals surface area contributed by atoms with Crippen LogP contribution in [0.5, 0.6) is 0 Å². The Kier molecular flexibility index (Phi) is 8.76. The molecule has 2 amide bonds. The highest BCUT2D eigenvalue weighted by Crippen LogP contribution is 2.30. The van der Waals surface area contributed by atoms with Crippen LogP contribution in [-0.2, 0) is 23.8 Å². The van der Waals surface area contributed by atoms with E-state index in [4.69, 9.17) is 31.4 Å². The Labute approximate surface area is 171 Å². The molecule has 0 aromatic rings. The number of nitrogens with two attached hydrogens (primary N) is 3. The van der Waals surface area contributed by atoms with Gasteiger partial charge in [-0.25, -0.2) is 0 Å². The normalized spacial score (nSPS) is 38.9. The molecule has 2 aliphatic rings. The number of methoxy groups -OCH3 is 1. The van der Waals surface area contributed by atoms with Crippen molar-refractivity contribution in [2.24, 2.45) is 17.2 Å². The maximum absolute atomic E-state index is 12.4. The molecule has 11 heteroatoms. The van der Waals surface area contributed by atoms with E-state index in [1.165, 1.54) is 19.1 Å². The van der Waals surface area contributed by atoms with E-state index in [1.807, 2.05) is 6.92 Å². The molecule has 0 aromatic carbocycles. The molecular formula is C18H35N5O6. The molecule has 1 heterocycles. The monoisotopic (exact) mass is 417 g/mol. The lowest BCUT2D eigenvalue weighted by Gasteiger charge is -2.48. The van der Waals surface area contributed by atoms with Crippen molar-refractivity contribution in [1.82, 2.24) is 10.2 Å². The molecule has 9 atom stereocenters. The maximum atomic E-state index is 12.4. The summed E-state index contributed by atoms with van der Waals surface area (Å²) in [7, 11) is 3.03. The summed E-state index contributed by atoms with van der Waals surface area (Å²) < 4.78 is 17.4. The zero-order chi connectivity index (χ0) is 21.7. The van der Waals surface area contributed by atoms with Crippen molar-refractivity contribution in [3.8, 4) is 0 Å². The van der Waals surface area contributed by atoms with Crippen molar-refractivity contribution < 1.29 is 28.9 Å². The number of amides is 2. The number of carbonyl (C=O) groups is 2. The first-order valence-electron chi connectivity index (χ1n) is 9.92. The van der Waals surface area contributed by atoms with E-state index in [0.29, 0.717) is 19.3 Å². The SMILES string of the molecule is CO[C@@H]1C[C@H](N)[C@H](O[C@H]2O[C@@H]([C@@H](C)N)CC[C@@H]2N)[C@@H](O)[C@@H]1N(C)C(=O)CNC=O. The fourth-order valence-corrected chi connectivity index (χ4v) is 4.03. The Bertz CT molecular complexity index is 553. The van der Waals surface area contributed by atoms with Gasteiger partial charge in [-0.15, -0.1) is 0 Å². The van der Waals surface area contributed by atoms with Gasteiger partial charge in [0.1, 0.15) is 12.2 Å². The molecule has 1 saturated carbocycles. The summed E-state index contributed by atoms with van der Waals surface area (Å²) >= 11 is 0. The minimum Gasteiger partial charge on any atom is -0.388 e. The molecule has 0 bridgehead atoms. The van der Waals surface area contributed by atoms with Crippen LogP contribution in [-0.4, -0.2) is 97.9 Å². The number of aliphatic hydroxyl groups is 1. The van der Waals surface area contributed by atoms with Gasteiger partial charge in [-0.05, 0) is 26.2 Å². The van der Waals surface area contributed by atoms with E-state index >= 15 is 0 Å². The van der Waals surface area contributed by atoms with E-state index in [9.17, 15) is 14.7 Å². The second-order valence-electron chi connectivity index (χ2n) is 7.90. The number of carbonyl (C=O) groups excluding carboxylic acids is 2. The summed E-state index contributed by atoms with van der Waals surface area (Å²) in [5.74, 6) is -0.375. The zero-order valence-electron chi connectivity index (χ0n) is 17.3. The number of nitrogens with one attached hydrogen (secondary N) is 1. The second kappa shape index (κ2) is 10.6. The molecule has 1 aliphatic carbocycles. The van der Waals surface area contributed by atoms with Crippen LogP contribution in [0.2, 0.25) is 0 Å². The molecule has 0 spiro atoms. The van der Waals surface area contributed by atoms with Crippen LogP contribution in [0, 0.1) is 0 Å². The second-order valence-corrected chi connectivity index (χ2v) is 7.90. The lowest BCUT2D eigenvalue weighted by molar-refractivity contribution is -0.257. The molecule has 29 heavy (non-hydrogen) atoms. The van der Waals surface area contributed by atoms with Gasteiger partial charge in [0.25, 0.3) is 0 Å². The number of ether oxygens (including phenoxy) is 3. The van der Waals surface area contributed by atoms with Crippen molar-refractivity contribution >= 4 is 12.3 Å². The summed E-state index contributed by atoms with van der Waals surface area (Å²) in [6.45, 7) is 1.66. The largest absolute Gasteiger partial charge is 0.388 e. The van der Waals surface area contributed by atoms with Crippen LogP contribution < -0.4 is 22.5 Å². The summed E-state index contributed by atoms with van der Waals surface area (Å²) in [4.78, 5) is 24.2. The van der Waals surface area contributed by atoms with Crippen LogP contribution in [0.4, 0.5) is 0 Å². The lowest BCUT2D eigenvalue weighted by atomic mass is 9.83. The predicted molar refractivity (Wildman–Crippen MR) is 104 cm³/mol. The first-order valence-corrected chi connectivity index (χ1v) is 9.92. The summed E-state index contributed by atoms with van der Waals surface area (Å²) in [6.07, 6.45) is -1.20. The molecule has 2 fully saturated rings. The molecule has 11 nitrogen and oxygen atoms in total. The third-order valence-electron chi connectivity index (χ3n) is 5.79. The van der Waals surface area contributed by atoms with Crippen molar-refractivity contribution in [2.75, 3.05) is 20.7 Å². The van der Waals surface area contributed by atoms with Crippen molar-refractivity contribution in [1.29, 1.82) is 0 Å². The summed E-state index contributed by atoms with van der Waals surface area (Å²) in [5.41, 5.74) is 18.4. The number of rotatable bonds is 8. The minimum atomic E-state index is -1.14. The molecule has 1 aliphatic heterocycles. The van der Waals surface area contributed by atoms with E-state index in [2.05, 4.69) is 5.32 Å². The predicted octanol–water partition coefficient (Wildman–Crippen LogP) is -2.77. The fourth-order valence-electron chi connectivity index (χ4n) is 4.03. The van der Waals surface area contributed by atoms with Gasteiger partial charge in [0.05, 0.1) is 30.8 Å². The van der Waals surface area contributed by atoms with Crippen LogP contribution in [0.3, 0.4) is 0 Å². The Hall–Kier alpha value is -1.34. The van der Waals surface area contributed by atoms with Crippen molar-refractivity contribution in [3.63, 3.8) is 0 Å². The Balaban J connectivity index is 2.14. The average molecular weight is 418 g/mol. The van der Waals surface area contributed by atoms with E-state index in [0.717, 1.165) is 6.42 Å². The van der Waals surface area contributed by atoms with Gasteiger partial charge in [0.2, 0.25) is 12.3 Å². The smallest absolute Gasteiger partial charge is 0.242 e. The molecule has 168 valence electrons.